The van der Waals surface area contributed by atoms with Gasteiger partial charge < -0.3 is 9.73 Å². The zero-order valence-electron chi connectivity index (χ0n) is 15.2. The molecule has 140 valence electrons. The number of amides is 1. The first-order valence-corrected chi connectivity index (χ1v) is 9.41. The van der Waals surface area contributed by atoms with Crippen molar-refractivity contribution >= 4 is 45.9 Å². The van der Waals surface area contributed by atoms with E-state index in [0.29, 0.717) is 38.3 Å². The number of anilines is 1. The predicted octanol–water partition coefficient (Wildman–Crippen LogP) is 6.67. The van der Waals surface area contributed by atoms with Crippen LogP contribution in [0.15, 0.2) is 59.0 Å². The lowest BCUT2D eigenvalue weighted by atomic mass is 10.1. The van der Waals surface area contributed by atoms with E-state index in [2.05, 4.69) is 10.3 Å². The number of aryl methyl sites for hydroxylation is 2. The second kappa shape index (κ2) is 7.30. The number of halogens is 2. The molecule has 0 fully saturated rings. The van der Waals surface area contributed by atoms with Gasteiger partial charge in [0.25, 0.3) is 5.91 Å². The van der Waals surface area contributed by atoms with E-state index in [1.54, 1.807) is 30.3 Å². The van der Waals surface area contributed by atoms with Crippen molar-refractivity contribution in [1.82, 2.24) is 4.98 Å². The van der Waals surface area contributed by atoms with E-state index < -0.39 is 0 Å². The van der Waals surface area contributed by atoms with Gasteiger partial charge in [-0.3, -0.25) is 4.79 Å². The first kappa shape index (κ1) is 18.5. The van der Waals surface area contributed by atoms with Crippen LogP contribution in [-0.4, -0.2) is 10.9 Å². The molecule has 4 rings (SSSR count). The molecule has 28 heavy (non-hydrogen) atoms. The summed E-state index contributed by atoms with van der Waals surface area (Å²) in [4.78, 5) is 17.1. The summed E-state index contributed by atoms with van der Waals surface area (Å²) in [5.74, 6) is 0.142. The molecule has 0 bridgehead atoms. The van der Waals surface area contributed by atoms with Crippen molar-refractivity contribution in [3.63, 3.8) is 0 Å². The molecular weight excluding hydrogens is 395 g/mol. The van der Waals surface area contributed by atoms with Crippen molar-refractivity contribution in [3.05, 3.63) is 81.3 Å². The molecule has 0 aliphatic heterocycles. The molecular formula is C22H16Cl2N2O2. The molecule has 1 aromatic heterocycles. The van der Waals surface area contributed by atoms with Crippen molar-refractivity contribution in [3.8, 4) is 11.5 Å². The number of hydrogen-bond donors (Lipinski definition) is 1. The van der Waals surface area contributed by atoms with Crippen LogP contribution in [0.25, 0.3) is 22.6 Å². The Morgan fingerprint density at radius 2 is 1.79 bits per heavy atom. The number of nitrogens with one attached hydrogen (secondary N) is 1. The SMILES string of the molecule is Cc1ccc2oc(-c3cc(NC(=O)c4ccc(C)c(Cl)c4)ccc3Cl)nc2c1. The highest BCUT2D eigenvalue weighted by Crippen LogP contribution is 2.32. The van der Waals surface area contributed by atoms with Crippen LogP contribution in [0.4, 0.5) is 5.69 Å². The van der Waals surface area contributed by atoms with E-state index in [-0.39, 0.29) is 5.91 Å². The van der Waals surface area contributed by atoms with Crippen molar-refractivity contribution in [1.29, 1.82) is 0 Å². The molecule has 1 N–H and O–H groups in total. The number of fused-ring (bicyclic) bond motifs is 1. The number of carbonyl (C=O) groups excluding carboxylic acids is 1. The Hall–Kier alpha value is -2.82. The molecule has 0 unspecified atom stereocenters. The number of aromatic nitrogens is 1. The van der Waals surface area contributed by atoms with E-state index in [1.165, 1.54) is 0 Å². The number of nitrogens with zero attached hydrogens (tertiary/aromatic N) is 1. The number of rotatable bonds is 3. The molecule has 3 aromatic carbocycles. The molecule has 0 aliphatic carbocycles. The molecule has 4 nitrogen and oxygen atoms in total. The van der Waals surface area contributed by atoms with Crippen LogP contribution >= 0.6 is 23.2 Å². The maximum Gasteiger partial charge on any atom is 0.255 e. The van der Waals surface area contributed by atoms with Gasteiger partial charge in [-0.2, -0.15) is 0 Å². The zero-order valence-corrected chi connectivity index (χ0v) is 16.7. The fourth-order valence-corrected chi connectivity index (χ4v) is 3.24. The highest BCUT2D eigenvalue weighted by atomic mass is 35.5. The highest BCUT2D eigenvalue weighted by Gasteiger charge is 2.14. The minimum Gasteiger partial charge on any atom is -0.436 e. The third kappa shape index (κ3) is 3.61. The van der Waals surface area contributed by atoms with Gasteiger partial charge in [0.1, 0.15) is 5.52 Å². The normalized spacial score (nSPS) is 11.0. The molecule has 0 atom stereocenters. The molecule has 1 heterocycles. The molecule has 0 saturated carbocycles. The maximum atomic E-state index is 12.5. The second-order valence-corrected chi connectivity index (χ2v) is 7.42. The molecule has 0 aliphatic rings. The van der Waals surface area contributed by atoms with Crippen LogP contribution in [-0.2, 0) is 0 Å². The first-order chi connectivity index (χ1) is 13.4. The molecule has 1 amide bonds. The Morgan fingerprint density at radius 1 is 0.964 bits per heavy atom. The van der Waals surface area contributed by atoms with Crippen molar-refractivity contribution < 1.29 is 9.21 Å². The summed E-state index contributed by atoms with van der Waals surface area (Å²) < 4.78 is 5.84. The van der Waals surface area contributed by atoms with Crippen molar-refractivity contribution in [2.24, 2.45) is 0 Å². The fourth-order valence-electron chi connectivity index (χ4n) is 2.86. The Kier molecular flexibility index (Phi) is 4.84. The van der Waals surface area contributed by atoms with Crippen LogP contribution in [0.2, 0.25) is 10.0 Å². The zero-order chi connectivity index (χ0) is 19.8. The third-order valence-corrected chi connectivity index (χ3v) is 5.17. The largest absolute Gasteiger partial charge is 0.436 e. The van der Waals surface area contributed by atoms with Crippen LogP contribution in [0.5, 0.6) is 0 Å². The monoisotopic (exact) mass is 410 g/mol. The summed E-state index contributed by atoms with van der Waals surface area (Å²) in [5, 5.41) is 3.89. The molecule has 0 spiro atoms. The number of benzene rings is 3. The van der Waals surface area contributed by atoms with Gasteiger partial charge in [-0.05, 0) is 67.4 Å². The Balaban J connectivity index is 1.66. The lowest BCUT2D eigenvalue weighted by Crippen LogP contribution is -2.12. The van der Waals surface area contributed by atoms with Crippen molar-refractivity contribution in [2.45, 2.75) is 13.8 Å². The smallest absolute Gasteiger partial charge is 0.255 e. The minimum atomic E-state index is -0.261. The number of hydrogen-bond acceptors (Lipinski definition) is 3. The Labute approximate surface area is 172 Å². The molecule has 0 radical (unpaired) electrons. The van der Waals surface area contributed by atoms with Gasteiger partial charge in [0.2, 0.25) is 5.89 Å². The van der Waals surface area contributed by atoms with Gasteiger partial charge in [0.05, 0.1) is 10.6 Å². The average Bonchev–Trinajstić information content (AvgIpc) is 3.08. The molecule has 4 aromatic rings. The summed E-state index contributed by atoms with van der Waals surface area (Å²) in [5.41, 5.74) is 5.11. The quantitative estimate of drug-likeness (QED) is 0.410. The van der Waals surface area contributed by atoms with E-state index in [4.69, 9.17) is 27.6 Å². The topological polar surface area (TPSA) is 55.1 Å². The summed E-state index contributed by atoms with van der Waals surface area (Å²) in [7, 11) is 0. The van der Waals surface area contributed by atoms with Crippen molar-refractivity contribution in [2.75, 3.05) is 5.32 Å². The van der Waals surface area contributed by atoms with Gasteiger partial charge in [-0.1, -0.05) is 35.3 Å². The minimum absolute atomic E-state index is 0.261. The van der Waals surface area contributed by atoms with Gasteiger partial charge in [-0.25, -0.2) is 4.98 Å². The predicted molar refractivity (Wildman–Crippen MR) is 113 cm³/mol. The lowest BCUT2D eigenvalue weighted by molar-refractivity contribution is 0.102. The fraction of sp³-hybridized carbons (Fsp3) is 0.0909. The Morgan fingerprint density at radius 3 is 2.57 bits per heavy atom. The van der Waals surface area contributed by atoms with Crippen LogP contribution in [0.3, 0.4) is 0 Å². The van der Waals surface area contributed by atoms with Crippen LogP contribution in [0.1, 0.15) is 21.5 Å². The summed E-state index contributed by atoms with van der Waals surface area (Å²) in [6, 6.07) is 16.1. The molecule has 6 heteroatoms. The van der Waals surface area contributed by atoms with Gasteiger partial charge in [0.15, 0.2) is 5.58 Å². The van der Waals surface area contributed by atoms with E-state index >= 15 is 0 Å². The van der Waals surface area contributed by atoms with Gasteiger partial charge in [0, 0.05) is 16.3 Å². The first-order valence-electron chi connectivity index (χ1n) is 8.65. The van der Waals surface area contributed by atoms with E-state index in [9.17, 15) is 4.79 Å². The third-order valence-electron chi connectivity index (χ3n) is 4.43. The Bertz CT molecular complexity index is 1210. The summed E-state index contributed by atoms with van der Waals surface area (Å²) >= 11 is 12.5. The highest BCUT2D eigenvalue weighted by molar-refractivity contribution is 6.33. The standard InChI is InChI=1S/C22H16Cl2N2O2/c1-12-3-8-20-19(9-12)26-22(28-20)16-11-15(6-7-17(16)23)25-21(27)14-5-4-13(2)18(24)10-14/h3-11H,1-2H3,(H,25,27). The number of oxazole rings is 1. The van der Waals surface area contributed by atoms with E-state index in [1.807, 2.05) is 38.1 Å². The molecule has 0 saturated heterocycles. The summed E-state index contributed by atoms with van der Waals surface area (Å²) in [6.07, 6.45) is 0. The van der Waals surface area contributed by atoms with Crippen LogP contribution in [0, 0.1) is 13.8 Å². The van der Waals surface area contributed by atoms with E-state index in [0.717, 1.165) is 16.6 Å². The van der Waals surface area contributed by atoms with Crippen LogP contribution < -0.4 is 5.32 Å². The summed E-state index contributed by atoms with van der Waals surface area (Å²) in [6.45, 7) is 3.88. The lowest BCUT2D eigenvalue weighted by Gasteiger charge is -2.08. The number of carbonyl (C=O) groups is 1. The maximum absolute atomic E-state index is 12.5. The average molecular weight is 411 g/mol. The second-order valence-electron chi connectivity index (χ2n) is 6.60. The van der Waals surface area contributed by atoms with Gasteiger partial charge in [-0.15, -0.1) is 0 Å². The van der Waals surface area contributed by atoms with Gasteiger partial charge >= 0.3 is 0 Å².